The number of carbonyl (C=O) groups excluding carboxylic acids is 1. The summed E-state index contributed by atoms with van der Waals surface area (Å²) in [5, 5.41) is 3.82. The summed E-state index contributed by atoms with van der Waals surface area (Å²) in [5.74, 6) is 0.622. The lowest BCUT2D eigenvalue weighted by atomic mass is 10.2. The summed E-state index contributed by atoms with van der Waals surface area (Å²) in [7, 11) is 0. The Balaban J connectivity index is 1.59. The first-order valence-electron chi connectivity index (χ1n) is 7.85. The van der Waals surface area contributed by atoms with E-state index >= 15 is 0 Å². The van der Waals surface area contributed by atoms with E-state index in [2.05, 4.69) is 15.2 Å². The lowest BCUT2D eigenvalue weighted by Gasteiger charge is -2.27. The highest BCUT2D eigenvalue weighted by atomic mass is 35.5. The van der Waals surface area contributed by atoms with Crippen molar-refractivity contribution in [3.63, 3.8) is 0 Å². The molecule has 7 heteroatoms. The van der Waals surface area contributed by atoms with Crippen LogP contribution in [0.3, 0.4) is 0 Å². The number of aromatic nitrogens is 1. The number of hydrogen-bond acceptors (Lipinski definition) is 4. The molecule has 0 bridgehead atoms. The Morgan fingerprint density at radius 1 is 1.20 bits per heavy atom. The van der Waals surface area contributed by atoms with Crippen LogP contribution >= 0.6 is 23.2 Å². The predicted octanol–water partition coefficient (Wildman–Crippen LogP) is 3.88. The maximum Gasteiger partial charge on any atom is 0.248 e. The Labute approximate surface area is 156 Å². The third kappa shape index (κ3) is 4.95. The molecule has 1 aliphatic rings. The predicted molar refractivity (Wildman–Crippen MR) is 101 cm³/mol. The number of carbonyl (C=O) groups is 1. The van der Waals surface area contributed by atoms with Crippen molar-refractivity contribution in [1.29, 1.82) is 0 Å². The van der Waals surface area contributed by atoms with Crippen molar-refractivity contribution in [3.8, 4) is 0 Å². The van der Waals surface area contributed by atoms with E-state index in [1.807, 2.05) is 12.1 Å². The van der Waals surface area contributed by atoms with Gasteiger partial charge in [-0.05, 0) is 35.9 Å². The number of pyridine rings is 1. The van der Waals surface area contributed by atoms with Gasteiger partial charge in [-0.3, -0.25) is 4.79 Å². The zero-order chi connectivity index (χ0) is 17.6. The van der Waals surface area contributed by atoms with Crippen LogP contribution in [0.1, 0.15) is 5.56 Å². The van der Waals surface area contributed by atoms with Crippen molar-refractivity contribution in [2.75, 3.05) is 36.5 Å². The molecular weight excluding hydrogens is 361 g/mol. The Hall–Kier alpha value is -2.08. The summed E-state index contributed by atoms with van der Waals surface area (Å²) >= 11 is 11.9. The van der Waals surface area contributed by atoms with Crippen LogP contribution in [-0.2, 0) is 9.53 Å². The first kappa shape index (κ1) is 17.7. The van der Waals surface area contributed by atoms with Crippen LogP contribution in [0.2, 0.25) is 10.0 Å². The smallest absolute Gasteiger partial charge is 0.248 e. The monoisotopic (exact) mass is 377 g/mol. The molecule has 2 aromatic rings. The number of amides is 1. The third-order valence-electron chi connectivity index (χ3n) is 3.73. The number of benzene rings is 1. The van der Waals surface area contributed by atoms with Gasteiger partial charge in [-0.1, -0.05) is 29.3 Å². The van der Waals surface area contributed by atoms with E-state index in [-0.39, 0.29) is 5.91 Å². The lowest BCUT2D eigenvalue weighted by molar-refractivity contribution is -0.111. The molecule has 0 atom stereocenters. The van der Waals surface area contributed by atoms with Gasteiger partial charge in [0.05, 0.1) is 25.1 Å². The van der Waals surface area contributed by atoms with E-state index in [1.165, 1.54) is 6.08 Å². The molecule has 1 aromatic heterocycles. The fourth-order valence-electron chi connectivity index (χ4n) is 2.43. The van der Waals surface area contributed by atoms with E-state index in [0.717, 1.165) is 24.5 Å². The quantitative estimate of drug-likeness (QED) is 0.821. The van der Waals surface area contributed by atoms with Gasteiger partial charge in [0.1, 0.15) is 5.82 Å². The molecule has 1 fully saturated rings. The third-order valence-corrected chi connectivity index (χ3v) is 4.29. The summed E-state index contributed by atoms with van der Waals surface area (Å²) in [6, 6.07) is 8.83. The number of anilines is 2. The number of morpholine rings is 1. The highest BCUT2D eigenvalue weighted by Gasteiger charge is 2.12. The molecule has 0 aliphatic carbocycles. The van der Waals surface area contributed by atoms with Gasteiger partial charge in [-0.15, -0.1) is 0 Å². The maximum absolute atomic E-state index is 12.0. The van der Waals surface area contributed by atoms with Crippen molar-refractivity contribution in [3.05, 3.63) is 58.2 Å². The molecule has 1 amide bonds. The number of rotatable bonds is 4. The van der Waals surface area contributed by atoms with Gasteiger partial charge in [0.2, 0.25) is 5.91 Å². The second-order valence-electron chi connectivity index (χ2n) is 5.49. The minimum absolute atomic E-state index is 0.257. The SMILES string of the molecule is O=C(/C=C/c1ccc(Cl)cc1Cl)Nc1ccc(N2CCOCC2)nc1. The normalized spacial score (nSPS) is 14.7. The molecule has 0 spiro atoms. The average Bonchev–Trinajstić information content (AvgIpc) is 2.62. The Morgan fingerprint density at radius 3 is 2.68 bits per heavy atom. The Morgan fingerprint density at radius 2 is 2.00 bits per heavy atom. The topological polar surface area (TPSA) is 54.5 Å². The van der Waals surface area contributed by atoms with E-state index in [4.69, 9.17) is 27.9 Å². The summed E-state index contributed by atoms with van der Waals surface area (Å²) < 4.78 is 5.33. The van der Waals surface area contributed by atoms with E-state index in [1.54, 1.807) is 30.5 Å². The van der Waals surface area contributed by atoms with E-state index in [0.29, 0.717) is 28.9 Å². The van der Waals surface area contributed by atoms with Crippen LogP contribution in [0.5, 0.6) is 0 Å². The molecule has 130 valence electrons. The fourth-order valence-corrected chi connectivity index (χ4v) is 2.90. The molecule has 5 nitrogen and oxygen atoms in total. The van der Waals surface area contributed by atoms with Gasteiger partial charge in [-0.2, -0.15) is 0 Å². The largest absolute Gasteiger partial charge is 0.378 e. The van der Waals surface area contributed by atoms with Gasteiger partial charge in [0.25, 0.3) is 0 Å². The summed E-state index contributed by atoms with van der Waals surface area (Å²) in [6.45, 7) is 3.06. The van der Waals surface area contributed by atoms with Crippen LogP contribution in [0.25, 0.3) is 6.08 Å². The van der Waals surface area contributed by atoms with Crippen molar-refractivity contribution in [2.45, 2.75) is 0 Å². The van der Waals surface area contributed by atoms with E-state index in [9.17, 15) is 4.79 Å². The standard InChI is InChI=1S/C18H17Cl2N3O2/c19-14-3-1-13(16(20)11-14)2-6-18(24)22-15-4-5-17(21-12-15)23-7-9-25-10-8-23/h1-6,11-12H,7-10H2,(H,22,24)/b6-2+. The van der Waals surface area contributed by atoms with Gasteiger partial charge < -0.3 is 15.0 Å². The first-order valence-corrected chi connectivity index (χ1v) is 8.60. The molecule has 1 aromatic carbocycles. The summed E-state index contributed by atoms with van der Waals surface area (Å²) in [5.41, 5.74) is 1.36. The summed E-state index contributed by atoms with van der Waals surface area (Å²) in [6.07, 6.45) is 4.71. The molecule has 1 N–H and O–H groups in total. The fraction of sp³-hybridized carbons (Fsp3) is 0.222. The highest BCUT2D eigenvalue weighted by Crippen LogP contribution is 2.22. The number of ether oxygens (including phenoxy) is 1. The minimum atomic E-state index is -0.257. The van der Waals surface area contributed by atoms with Crippen LogP contribution in [0.4, 0.5) is 11.5 Å². The number of nitrogens with one attached hydrogen (secondary N) is 1. The van der Waals surface area contributed by atoms with Crippen LogP contribution in [-0.4, -0.2) is 37.2 Å². The molecule has 1 aliphatic heterocycles. The molecule has 3 rings (SSSR count). The van der Waals surface area contributed by atoms with Crippen LogP contribution in [0, 0.1) is 0 Å². The Kier molecular flexibility index (Phi) is 5.91. The number of nitrogens with zero attached hydrogens (tertiary/aromatic N) is 2. The van der Waals surface area contributed by atoms with Crippen molar-refractivity contribution in [2.24, 2.45) is 0 Å². The second-order valence-corrected chi connectivity index (χ2v) is 6.34. The summed E-state index contributed by atoms with van der Waals surface area (Å²) in [4.78, 5) is 18.6. The van der Waals surface area contributed by atoms with Crippen molar-refractivity contribution < 1.29 is 9.53 Å². The minimum Gasteiger partial charge on any atom is -0.378 e. The second kappa shape index (κ2) is 8.34. The zero-order valence-corrected chi connectivity index (χ0v) is 14.9. The molecule has 2 heterocycles. The lowest BCUT2D eigenvalue weighted by Crippen LogP contribution is -2.36. The number of halogens is 2. The Bertz CT molecular complexity index is 772. The molecule has 25 heavy (non-hydrogen) atoms. The van der Waals surface area contributed by atoms with Gasteiger partial charge in [-0.25, -0.2) is 4.98 Å². The molecule has 0 radical (unpaired) electrons. The van der Waals surface area contributed by atoms with Crippen molar-refractivity contribution >= 4 is 46.7 Å². The molecule has 0 unspecified atom stereocenters. The molecule has 0 saturated carbocycles. The molecular formula is C18H17Cl2N3O2. The van der Waals surface area contributed by atoms with E-state index < -0.39 is 0 Å². The average molecular weight is 378 g/mol. The van der Waals surface area contributed by atoms with Crippen LogP contribution < -0.4 is 10.2 Å². The van der Waals surface area contributed by atoms with Gasteiger partial charge >= 0.3 is 0 Å². The first-order chi connectivity index (χ1) is 12.1. The molecule has 1 saturated heterocycles. The number of hydrogen-bond donors (Lipinski definition) is 1. The van der Waals surface area contributed by atoms with Gasteiger partial charge in [0.15, 0.2) is 0 Å². The highest BCUT2D eigenvalue weighted by molar-refractivity contribution is 6.35. The van der Waals surface area contributed by atoms with Crippen molar-refractivity contribution in [1.82, 2.24) is 4.98 Å². The zero-order valence-electron chi connectivity index (χ0n) is 13.4. The van der Waals surface area contributed by atoms with Crippen LogP contribution in [0.15, 0.2) is 42.6 Å². The maximum atomic E-state index is 12.0. The van der Waals surface area contributed by atoms with Gasteiger partial charge in [0, 0.05) is 29.2 Å².